The van der Waals surface area contributed by atoms with Crippen molar-refractivity contribution in [1.29, 1.82) is 0 Å². The first-order valence-electron chi connectivity index (χ1n) is 9.99. The van der Waals surface area contributed by atoms with Crippen LogP contribution in [0, 0.1) is 0 Å². The molecule has 1 saturated heterocycles. The smallest absolute Gasteiger partial charge is 0.411 e. The minimum atomic E-state index is -0.544. The number of nitrogen functional groups attached to an aromatic ring is 1. The molecule has 1 aliphatic heterocycles. The summed E-state index contributed by atoms with van der Waals surface area (Å²) >= 11 is 0. The summed E-state index contributed by atoms with van der Waals surface area (Å²) in [6.07, 6.45) is 5.32. The molecule has 1 aromatic heterocycles. The quantitative estimate of drug-likeness (QED) is 0.824. The second-order valence-corrected chi connectivity index (χ2v) is 8.28. The van der Waals surface area contributed by atoms with E-state index in [-0.39, 0.29) is 18.2 Å². The van der Waals surface area contributed by atoms with Crippen LogP contribution in [0.3, 0.4) is 0 Å². The summed E-state index contributed by atoms with van der Waals surface area (Å²) in [7, 11) is 0. The molecule has 28 heavy (non-hydrogen) atoms. The summed E-state index contributed by atoms with van der Waals surface area (Å²) < 4.78 is 5.77. The summed E-state index contributed by atoms with van der Waals surface area (Å²) in [6, 6.07) is 14.5. The zero-order valence-corrected chi connectivity index (χ0v) is 16.5. The lowest BCUT2D eigenvalue weighted by Gasteiger charge is -2.38. The molecule has 1 aliphatic carbocycles. The van der Waals surface area contributed by atoms with E-state index >= 15 is 0 Å². The molecule has 6 nitrogen and oxygen atoms in total. The Labute approximate surface area is 166 Å². The van der Waals surface area contributed by atoms with E-state index in [2.05, 4.69) is 22.4 Å². The van der Waals surface area contributed by atoms with Crippen molar-refractivity contribution in [2.75, 3.05) is 11.1 Å². The van der Waals surface area contributed by atoms with Crippen LogP contribution in [0.2, 0.25) is 0 Å². The van der Waals surface area contributed by atoms with Crippen LogP contribution in [0.4, 0.5) is 16.3 Å². The average molecular weight is 380 g/mol. The molecular weight excluding hydrogens is 352 g/mol. The van der Waals surface area contributed by atoms with Crippen LogP contribution in [0.15, 0.2) is 48.7 Å². The SMILES string of the molecule is CC1(C)OC(=O)N([C@H]2CC[C@H](Nc3cccnc3N)CC2)C1c1ccccc1. The molecule has 0 radical (unpaired) electrons. The minimum absolute atomic E-state index is 0.0651. The number of nitrogens with zero attached hydrogens (tertiary/aromatic N) is 2. The monoisotopic (exact) mass is 380 g/mol. The third-order valence-electron chi connectivity index (χ3n) is 5.90. The van der Waals surface area contributed by atoms with Gasteiger partial charge in [-0.1, -0.05) is 30.3 Å². The van der Waals surface area contributed by atoms with E-state index in [9.17, 15) is 4.79 Å². The molecule has 4 rings (SSSR count). The van der Waals surface area contributed by atoms with E-state index in [1.165, 1.54) is 0 Å². The number of carbonyl (C=O) groups is 1. The van der Waals surface area contributed by atoms with Crippen LogP contribution in [-0.2, 0) is 4.74 Å². The van der Waals surface area contributed by atoms with Gasteiger partial charge >= 0.3 is 6.09 Å². The van der Waals surface area contributed by atoms with Gasteiger partial charge in [0.2, 0.25) is 0 Å². The summed E-state index contributed by atoms with van der Waals surface area (Å²) in [5.41, 5.74) is 7.42. The summed E-state index contributed by atoms with van der Waals surface area (Å²) in [5, 5.41) is 3.51. The van der Waals surface area contributed by atoms with Gasteiger partial charge in [-0.3, -0.25) is 4.90 Å². The number of nitrogens with two attached hydrogens (primary N) is 1. The van der Waals surface area contributed by atoms with Gasteiger partial charge in [-0.15, -0.1) is 0 Å². The van der Waals surface area contributed by atoms with Gasteiger partial charge in [0, 0.05) is 18.3 Å². The Morgan fingerprint density at radius 3 is 2.50 bits per heavy atom. The van der Waals surface area contributed by atoms with E-state index in [4.69, 9.17) is 10.5 Å². The van der Waals surface area contributed by atoms with Gasteiger partial charge in [-0.05, 0) is 57.2 Å². The van der Waals surface area contributed by atoms with E-state index < -0.39 is 5.60 Å². The molecule has 2 aromatic rings. The Balaban J connectivity index is 1.47. The van der Waals surface area contributed by atoms with Gasteiger partial charge in [0.25, 0.3) is 0 Å². The molecule has 0 spiro atoms. The summed E-state index contributed by atoms with van der Waals surface area (Å²) in [5.74, 6) is 0.527. The van der Waals surface area contributed by atoms with E-state index in [1.807, 2.05) is 49.1 Å². The molecule has 0 bridgehead atoms. The van der Waals surface area contributed by atoms with Gasteiger partial charge in [-0.2, -0.15) is 0 Å². The van der Waals surface area contributed by atoms with Gasteiger partial charge < -0.3 is 15.8 Å². The zero-order valence-electron chi connectivity index (χ0n) is 16.5. The van der Waals surface area contributed by atoms with E-state index in [0.717, 1.165) is 36.9 Å². The second kappa shape index (κ2) is 7.34. The summed E-state index contributed by atoms with van der Waals surface area (Å²) in [4.78, 5) is 18.9. The highest BCUT2D eigenvalue weighted by Gasteiger charge is 2.51. The number of hydrogen-bond donors (Lipinski definition) is 2. The molecule has 3 N–H and O–H groups in total. The van der Waals surface area contributed by atoms with Crippen molar-refractivity contribution < 1.29 is 9.53 Å². The van der Waals surface area contributed by atoms with Crippen molar-refractivity contribution in [3.63, 3.8) is 0 Å². The summed E-state index contributed by atoms with van der Waals surface area (Å²) in [6.45, 7) is 4.00. The fraction of sp³-hybridized carbons (Fsp3) is 0.455. The first-order valence-corrected chi connectivity index (χ1v) is 9.99. The minimum Gasteiger partial charge on any atom is -0.441 e. The molecule has 1 amide bonds. The normalized spacial score (nSPS) is 26.7. The van der Waals surface area contributed by atoms with E-state index in [0.29, 0.717) is 11.9 Å². The van der Waals surface area contributed by atoms with Crippen molar-refractivity contribution in [1.82, 2.24) is 9.88 Å². The van der Waals surface area contributed by atoms with Gasteiger partial charge in [0.1, 0.15) is 11.4 Å². The number of cyclic esters (lactones) is 1. The Kier molecular flexibility index (Phi) is 4.87. The first kappa shape index (κ1) is 18.6. The highest BCUT2D eigenvalue weighted by atomic mass is 16.6. The number of rotatable bonds is 4. The highest BCUT2D eigenvalue weighted by Crippen LogP contribution is 2.44. The average Bonchev–Trinajstić information content (AvgIpc) is 2.93. The lowest BCUT2D eigenvalue weighted by atomic mass is 9.86. The molecule has 1 unspecified atom stereocenters. The maximum absolute atomic E-state index is 12.8. The number of nitrogens with one attached hydrogen (secondary N) is 1. The zero-order chi connectivity index (χ0) is 19.7. The molecule has 2 heterocycles. The fourth-order valence-corrected chi connectivity index (χ4v) is 4.59. The number of aromatic nitrogens is 1. The Morgan fingerprint density at radius 1 is 1.11 bits per heavy atom. The third kappa shape index (κ3) is 3.51. The second-order valence-electron chi connectivity index (χ2n) is 8.28. The Hall–Kier alpha value is -2.76. The maximum atomic E-state index is 12.8. The van der Waals surface area contributed by atoms with Crippen LogP contribution in [0.25, 0.3) is 0 Å². The number of pyridine rings is 1. The van der Waals surface area contributed by atoms with Crippen LogP contribution in [-0.4, -0.2) is 33.7 Å². The molecule has 2 fully saturated rings. The van der Waals surface area contributed by atoms with E-state index in [1.54, 1.807) is 6.20 Å². The molecule has 6 heteroatoms. The third-order valence-corrected chi connectivity index (χ3v) is 5.90. The number of carbonyl (C=O) groups excluding carboxylic acids is 1. The molecular formula is C22H28N4O2. The lowest BCUT2D eigenvalue weighted by Crippen LogP contribution is -2.44. The van der Waals surface area contributed by atoms with Crippen LogP contribution < -0.4 is 11.1 Å². The maximum Gasteiger partial charge on any atom is 0.411 e. The first-order chi connectivity index (χ1) is 13.5. The molecule has 1 atom stereocenters. The predicted molar refractivity (Wildman–Crippen MR) is 110 cm³/mol. The molecule has 148 valence electrons. The number of hydrogen-bond acceptors (Lipinski definition) is 5. The fourth-order valence-electron chi connectivity index (χ4n) is 4.59. The molecule has 1 aromatic carbocycles. The van der Waals surface area contributed by atoms with Crippen molar-refractivity contribution in [3.8, 4) is 0 Å². The Morgan fingerprint density at radius 2 is 1.82 bits per heavy atom. The highest BCUT2D eigenvalue weighted by molar-refractivity contribution is 5.72. The lowest BCUT2D eigenvalue weighted by molar-refractivity contribution is 0.0664. The van der Waals surface area contributed by atoms with Crippen molar-refractivity contribution >= 4 is 17.6 Å². The van der Waals surface area contributed by atoms with Crippen LogP contribution in [0.5, 0.6) is 0 Å². The topological polar surface area (TPSA) is 80.5 Å². The number of amides is 1. The van der Waals surface area contributed by atoms with Crippen molar-refractivity contribution in [2.24, 2.45) is 0 Å². The molecule has 2 aliphatic rings. The van der Waals surface area contributed by atoms with Crippen molar-refractivity contribution in [3.05, 3.63) is 54.2 Å². The van der Waals surface area contributed by atoms with Crippen LogP contribution >= 0.6 is 0 Å². The number of anilines is 2. The number of ether oxygens (including phenoxy) is 1. The number of benzene rings is 1. The van der Waals surface area contributed by atoms with Crippen LogP contribution in [0.1, 0.15) is 51.1 Å². The largest absolute Gasteiger partial charge is 0.441 e. The Bertz CT molecular complexity index is 831. The van der Waals surface area contributed by atoms with Gasteiger partial charge in [0.05, 0.1) is 11.7 Å². The van der Waals surface area contributed by atoms with Gasteiger partial charge in [-0.25, -0.2) is 9.78 Å². The van der Waals surface area contributed by atoms with Crippen molar-refractivity contribution in [2.45, 2.75) is 63.3 Å². The standard InChI is InChI=1S/C22H28N4O2/c1-22(2)19(15-7-4-3-5-8-15)26(21(27)28-22)17-12-10-16(11-13-17)25-18-9-6-14-24-20(18)23/h3-9,14,16-17,19,25H,10-13H2,1-2H3,(H2,23,24)/t16-,17-,19?. The molecule has 1 saturated carbocycles. The predicted octanol–water partition coefficient (Wildman–Crippen LogP) is 4.36. The van der Waals surface area contributed by atoms with Gasteiger partial charge in [0.15, 0.2) is 0 Å².